The normalized spacial score (nSPS) is 14.5. The van der Waals surface area contributed by atoms with E-state index in [0.29, 0.717) is 5.92 Å². The summed E-state index contributed by atoms with van der Waals surface area (Å²) in [6.45, 7) is 1.89. The van der Waals surface area contributed by atoms with Crippen LogP contribution in [0.2, 0.25) is 0 Å². The van der Waals surface area contributed by atoms with E-state index in [-0.39, 0.29) is 0 Å². The molecule has 0 unspecified atom stereocenters. The van der Waals surface area contributed by atoms with E-state index in [1.165, 1.54) is 5.69 Å². The molecule has 7 nitrogen and oxygen atoms in total. The number of aromatic amines is 2. The highest BCUT2D eigenvalue weighted by molar-refractivity contribution is 5.80. The molecule has 0 bridgehead atoms. The van der Waals surface area contributed by atoms with Gasteiger partial charge in [-0.25, -0.2) is 9.97 Å². The van der Waals surface area contributed by atoms with Gasteiger partial charge in [-0.2, -0.15) is 0 Å². The molecule has 0 radical (unpaired) electrons. The summed E-state index contributed by atoms with van der Waals surface area (Å²) < 4.78 is 10.7. The van der Waals surface area contributed by atoms with Gasteiger partial charge in [0.1, 0.15) is 11.5 Å². The fourth-order valence-corrected chi connectivity index (χ4v) is 4.33. The number of rotatable bonds is 6. The van der Waals surface area contributed by atoms with E-state index in [9.17, 15) is 0 Å². The third-order valence-electron chi connectivity index (χ3n) is 6.19. The Kier molecular flexibility index (Phi) is 5.54. The van der Waals surface area contributed by atoms with Gasteiger partial charge in [0.15, 0.2) is 0 Å². The Morgan fingerprint density at radius 1 is 0.875 bits per heavy atom. The number of aromatic nitrogens is 4. The second-order valence-corrected chi connectivity index (χ2v) is 8.01. The molecule has 2 aromatic heterocycles. The molecule has 7 heteroatoms. The van der Waals surface area contributed by atoms with Crippen molar-refractivity contribution in [2.75, 3.05) is 32.2 Å². The summed E-state index contributed by atoms with van der Waals surface area (Å²) in [5.41, 5.74) is 5.28. The van der Waals surface area contributed by atoms with Crippen molar-refractivity contribution in [3.63, 3.8) is 0 Å². The van der Waals surface area contributed by atoms with E-state index >= 15 is 0 Å². The summed E-state index contributed by atoms with van der Waals surface area (Å²) in [5, 5.41) is 0. The number of ether oxygens (including phenoxy) is 2. The van der Waals surface area contributed by atoms with Crippen molar-refractivity contribution in [2.45, 2.75) is 18.8 Å². The van der Waals surface area contributed by atoms with Crippen molar-refractivity contribution in [3.05, 3.63) is 66.7 Å². The minimum atomic E-state index is 0.519. The highest BCUT2D eigenvalue weighted by Crippen LogP contribution is 2.36. The molecule has 1 aliphatic heterocycles. The van der Waals surface area contributed by atoms with Gasteiger partial charge in [0.25, 0.3) is 0 Å². The quantitative estimate of drug-likeness (QED) is 0.457. The SMILES string of the molecule is COc1ccc(-c2nc(N3CCC(c4cnc[nH]4)CC3)[nH]c2-c2ccc(OC)cc2)cc1. The lowest BCUT2D eigenvalue weighted by molar-refractivity contribution is 0.414. The van der Waals surface area contributed by atoms with Gasteiger partial charge in [0.2, 0.25) is 5.95 Å². The van der Waals surface area contributed by atoms with Crippen LogP contribution in [0.4, 0.5) is 5.95 Å². The number of piperidine rings is 1. The molecule has 1 saturated heterocycles. The van der Waals surface area contributed by atoms with Crippen LogP contribution in [0.5, 0.6) is 11.5 Å². The number of benzene rings is 2. The molecule has 4 aromatic rings. The first kappa shape index (κ1) is 20.2. The molecule has 0 spiro atoms. The molecular weight excluding hydrogens is 402 g/mol. The van der Waals surface area contributed by atoms with Crippen LogP contribution in [-0.2, 0) is 0 Å². The Morgan fingerprint density at radius 3 is 2.06 bits per heavy atom. The topological polar surface area (TPSA) is 79.1 Å². The fourth-order valence-electron chi connectivity index (χ4n) is 4.33. The minimum absolute atomic E-state index is 0.519. The van der Waals surface area contributed by atoms with Crippen LogP contribution in [0, 0.1) is 0 Å². The molecule has 0 amide bonds. The number of hydrogen-bond acceptors (Lipinski definition) is 5. The number of nitrogens with one attached hydrogen (secondary N) is 2. The zero-order valence-corrected chi connectivity index (χ0v) is 18.3. The lowest BCUT2D eigenvalue weighted by Gasteiger charge is -2.31. The maximum Gasteiger partial charge on any atom is 0.203 e. The van der Waals surface area contributed by atoms with E-state index in [1.807, 2.05) is 30.5 Å². The number of methoxy groups -OCH3 is 2. The van der Waals surface area contributed by atoms with Crippen LogP contribution < -0.4 is 14.4 Å². The number of nitrogens with zero attached hydrogens (tertiary/aromatic N) is 3. The summed E-state index contributed by atoms with van der Waals surface area (Å²) in [7, 11) is 3.36. The predicted octanol–water partition coefficient (Wildman–Crippen LogP) is 4.87. The van der Waals surface area contributed by atoms with Crippen molar-refractivity contribution in [2.24, 2.45) is 0 Å². The van der Waals surface area contributed by atoms with Crippen LogP contribution in [0.15, 0.2) is 61.1 Å². The van der Waals surface area contributed by atoms with E-state index < -0.39 is 0 Å². The molecule has 32 heavy (non-hydrogen) atoms. The summed E-state index contributed by atoms with van der Waals surface area (Å²) in [6, 6.07) is 16.1. The van der Waals surface area contributed by atoms with Crippen molar-refractivity contribution in [3.8, 4) is 34.0 Å². The first-order valence-electron chi connectivity index (χ1n) is 10.9. The van der Waals surface area contributed by atoms with Crippen molar-refractivity contribution in [1.29, 1.82) is 0 Å². The van der Waals surface area contributed by atoms with Crippen molar-refractivity contribution >= 4 is 5.95 Å². The number of H-pyrrole nitrogens is 2. The van der Waals surface area contributed by atoms with Crippen molar-refractivity contribution < 1.29 is 9.47 Å². The monoisotopic (exact) mass is 429 g/mol. The lowest BCUT2D eigenvalue weighted by atomic mass is 9.94. The largest absolute Gasteiger partial charge is 0.497 e. The molecule has 0 atom stereocenters. The lowest BCUT2D eigenvalue weighted by Crippen LogP contribution is -2.33. The van der Waals surface area contributed by atoms with Crippen LogP contribution in [0.3, 0.4) is 0 Å². The van der Waals surface area contributed by atoms with Gasteiger partial charge in [-0.05, 0) is 61.4 Å². The standard InChI is InChI=1S/C25H27N5O2/c1-31-20-7-3-18(4-8-20)23-24(19-5-9-21(32-2)10-6-19)29-25(28-23)30-13-11-17(12-14-30)22-15-26-16-27-22/h3-10,15-17H,11-14H2,1-2H3,(H,26,27)(H,28,29). The Bertz CT molecular complexity index is 1080. The predicted molar refractivity (Wildman–Crippen MR) is 125 cm³/mol. The molecule has 1 fully saturated rings. The molecular formula is C25H27N5O2. The van der Waals surface area contributed by atoms with E-state index in [1.54, 1.807) is 20.5 Å². The first-order chi connectivity index (χ1) is 15.7. The van der Waals surface area contributed by atoms with Gasteiger partial charge < -0.3 is 24.3 Å². The van der Waals surface area contributed by atoms with Crippen LogP contribution in [-0.4, -0.2) is 47.2 Å². The third kappa shape index (κ3) is 3.93. The molecule has 5 rings (SSSR count). The van der Waals surface area contributed by atoms with E-state index in [2.05, 4.69) is 44.1 Å². The maximum atomic E-state index is 5.33. The molecule has 3 heterocycles. The van der Waals surface area contributed by atoms with Gasteiger partial charge in [-0.1, -0.05) is 0 Å². The number of imidazole rings is 2. The van der Waals surface area contributed by atoms with Crippen LogP contribution in [0.25, 0.3) is 22.5 Å². The van der Waals surface area contributed by atoms with Gasteiger partial charge in [-0.3, -0.25) is 0 Å². The molecule has 2 N–H and O–H groups in total. The first-order valence-corrected chi connectivity index (χ1v) is 10.9. The average molecular weight is 430 g/mol. The molecule has 164 valence electrons. The summed E-state index contributed by atoms with van der Waals surface area (Å²) in [5.74, 6) is 3.09. The highest BCUT2D eigenvalue weighted by Gasteiger charge is 2.25. The Balaban J connectivity index is 1.46. The Morgan fingerprint density at radius 2 is 1.50 bits per heavy atom. The van der Waals surface area contributed by atoms with E-state index in [4.69, 9.17) is 14.5 Å². The average Bonchev–Trinajstić information content (AvgIpc) is 3.55. The molecule has 2 aromatic carbocycles. The minimum Gasteiger partial charge on any atom is -0.497 e. The second-order valence-electron chi connectivity index (χ2n) is 8.01. The van der Waals surface area contributed by atoms with Gasteiger partial charge in [-0.15, -0.1) is 0 Å². The van der Waals surface area contributed by atoms with E-state index in [0.717, 1.165) is 65.9 Å². The van der Waals surface area contributed by atoms with Crippen molar-refractivity contribution in [1.82, 2.24) is 19.9 Å². The summed E-state index contributed by atoms with van der Waals surface area (Å²) >= 11 is 0. The number of hydrogen-bond donors (Lipinski definition) is 2. The van der Waals surface area contributed by atoms with Gasteiger partial charge in [0, 0.05) is 42.0 Å². The van der Waals surface area contributed by atoms with Gasteiger partial charge in [0.05, 0.1) is 31.9 Å². The van der Waals surface area contributed by atoms with Gasteiger partial charge >= 0.3 is 0 Å². The third-order valence-corrected chi connectivity index (χ3v) is 6.19. The maximum absolute atomic E-state index is 5.33. The van der Waals surface area contributed by atoms with Crippen LogP contribution >= 0.6 is 0 Å². The fraction of sp³-hybridized carbons (Fsp3) is 0.280. The zero-order chi connectivity index (χ0) is 21.9. The number of anilines is 1. The molecule has 0 aliphatic carbocycles. The smallest absolute Gasteiger partial charge is 0.203 e. The molecule has 0 saturated carbocycles. The van der Waals surface area contributed by atoms with Crippen LogP contribution in [0.1, 0.15) is 24.5 Å². The Labute approximate surface area is 187 Å². The summed E-state index contributed by atoms with van der Waals surface area (Å²) in [4.78, 5) is 18.4. The second kappa shape index (κ2) is 8.78. The Hall–Kier alpha value is -3.74. The zero-order valence-electron chi connectivity index (χ0n) is 18.3. The summed E-state index contributed by atoms with van der Waals surface area (Å²) in [6.07, 6.45) is 5.84. The highest BCUT2D eigenvalue weighted by atomic mass is 16.5. The molecule has 1 aliphatic rings.